The van der Waals surface area contributed by atoms with E-state index in [9.17, 15) is 9.59 Å². The summed E-state index contributed by atoms with van der Waals surface area (Å²) in [4.78, 5) is 26.4. The Hall–Kier alpha value is -3.73. The van der Waals surface area contributed by atoms with E-state index in [2.05, 4.69) is 24.3 Å². The molecular weight excluding hydrogens is 386 g/mol. The molecule has 1 heterocycles. The molecule has 0 saturated carbocycles. The van der Waals surface area contributed by atoms with Crippen molar-refractivity contribution in [2.45, 2.75) is 26.4 Å². The summed E-state index contributed by atoms with van der Waals surface area (Å²) in [5.74, 6) is -0.103. The maximum absolute atomic E-state index is 13.4. The van der Waals surface area contributed by atoms with Gasteiger partial charge in [0.05, 0.1) is 18.0 Å². The van der Waals surface area contributed by atoms with Crippen molar-refractivity contribution in [1.82, 2.24) is 15.1 Å². The second-order valence-corrected chi connectivity index (χ2v) is 7.95. The lowest BCUT2D eigenvalue weighted by atomic mass is 9.96. The second kappa shape index (κ2) is 8.96. The van der Waals surface area contributed by atoms with E-state index in [0.717, 1.165) is 11.1 Å². The first-order valence-electron chi connectivity index (χ1n) is 10.4. The van der Waals surface area contributed by atoms with Crippen LogP contribution >= 0.6 is 0 Å². The maximum atomic E-state index is 13.4. The van der Waals surface area contributed by atoms with Crippen LogP contribution in [0, 0.1) is 5.92 Å². The summed E-state index contributed by atoms with van der Waals surface area (Å²) in [6.07, 6.45) is 0. The van der Waals surface area contributed by atoms with Crippen LogP contribution in [0.15, 0.2) is 89.7 Å². The number of aromatic nitrogens is 2. The highest BCUT2D eigenvalue weighted by Gasteiger charge is 2.22. The molecule has 0 aliphatic heterocycles. The molecule has 1 amide bonds. The van der Waals surface area contributed by atoms with Gasteiger partial charge in [0.1, 0.15) is 0 Å². The predicted octanol–water partition coefficient (Wildman–Crippen LogP) is 4.57. The van der Waals surface area contributed by atoms with Gasteiger partial charge in [0, 0.05) is 5.39 Å². The van der Waals surface area contributed by atoms with Gasteiger partial charge in [-0.3, -0.25) is 9.59 Å². The van der Waals surface area contributed by atoms with Crippen molar-refractivity contribution >= 4 is 16.7 Å². The Morgan fingerprint density at radius 2 is 1.45 bits per heavy atom. The van der Waals surface area contributed by atoms with Gasteiger partial charge in [-0.25, -0.2) is 4.68 Å². The molecule has 1 aromatic heterocycles. The van der Waals surface area contributed by atoms with Crippen molar-refractivity contribution in [3.63, 3.8) is 0 Å². The molecule has 4 aromatic rings. The summed E-state index contributed by atoms with van der Waals surface area (Å²) >= 11 is 0. The lowest BCUT2D eigenvalue weighted by molar-refractivity contribution is 0.0920. The van der Waals surface area contributed by atoms with E-state index in [0.29, 0.717) is 17.3 Å². The second-order valence-electron chi connectivity index (χ2n) is 7.95. The Bertz CT molecular complexity index is 1250. The van der Waals surface area contributed by atoms with Crippen LogP contribution in [0.3, 0.4) is 0 Å². The summed E-state index contributed by atoms with van der Waals surface area (Å²) in [5, 5.41) is 8.67. The van der Waals surface area contributed by atoms with Crippen LogP contribution in [0.2, 0.25) is 0 Å². The van der Waals surface area contributed by atoms with Crippen molar-refractivity contribution in [2.75, 3.05) is 0 Å². The number of carbonyl (C=O) groups is 1. The van der Waals surface area contributed by atoms with Crippen molar-refractivity contribution in [3.05, 3.63) is 112 Å². The summed E-state index contributed by atoms with van der Waals surface area (Å²) in [6.45, 7) is 4.44. The quantitative estimate of drug-likeness (QED) is 0.505. The number of benzene rings is 3. The minimum Gasteiger partial charge on any atom is -0.344 e. The Balaban J connectivity index is 1.76. The molecule has 4 rings (SSSR count). The highest BCUT2D eigenvalue weighted by atomic mass is 16.2. The number of carbonyl (C=O) groups excluding carboxylic acids is 1. The molecule has 0 radical (unpaired) electrons. The van der Waals surface area contributed by atoms with Crippen molar-refractivity contribution < 1.29 is 4.79 Å². The van der Waals surface area contributed by atoms with E-state index >= 15 is 0 Å². The largest absolute Gasteiger partial charge is 0.344 e. The minimum atomic E-state index is -0.291. The van der Waals surface area contributed by atoms with Crippen molar-refractivity contribution in [2.24, 2.45) is 5.92 Å². The van der Waals surface area contributed by atoms with Crippen LogP contribution in [0.4, 0.5) is 0 Å². The molecule has 5 nitrogen and oxygen atoms in total. The predicted molar refractivity (Wildman–Crippen MR) is 123 cm³/mol. The molecular formula is C26H25N3O2. The zero-order chi connectivity index (χ0) is 21.8. The van der Waals surface area contributed by atoms with Gasteiger partial charge in [-0.2, -0.15) is 5.10 Å². The van der Waals surface area contributed by atoms with Crippen LogP contribution in [0.5, 0.6) is 0 Å². The summed E-state index contributed by atoms with van der Waals surface area (Å²) in [7, 11) is 0. The van der Waals surface area contributed by atoms with Gasteiger partial charge < -0.3 is 5.32 Å². The van der Waals surface area contributed by atoms with Crippen LogP contribution in [0.25, 0.3) is 10.8 Å². The molecule has 156 valence electrons. The zero-order valence-corrected chi connectivity index (χ0v) is 17.7. The number of nitrogens with one attached hydrogen (secondary N) is 1. The molecule has 0 saturated heterocycles. The first-order chi connectivity index (χ1) is 15.0. The summed E-state index contributed by atoms with van der Waals surface area (Å²) < 4.78 is 1.37. The molecule has 0 unspecified atom stereocenters. The van der Waals surface area contributed by atoms with E-state index < -0.39 is 0 Å². The molecule has 5 heteroatoms. The normalized spacial score (nSPS) is 12.1. The number of rotatable bonds is 6. The van der Waals surface area contributed by atoms with Gasteiger partial charge >= 0.3 is 0 Å². The lowest BCUT2D eigenvalue weighted by Gasteiger charge is -2.23. The van der Waals surface area contributed by atoms with Crippen LogP contribution in [-0.4, -0.2) is 15.7 Å². The Morgan fingerprint density at radius 1 is 0.871 bits per heavy atom. The third kappa shape index (κ3) is 4.40. The van der Waals surface area contributed by atoms with Gasteiger partial charge in [0.2, 0.25) is 0 Å². The average molecular weight is 412 g/mol. The fourth-order valence-electron chi connectivity index (χ4n) is 3.77. The molecule has 0 aliphatic rings. The smallest absolute Gasteiger partial charge is 0.274 e. The van der Waals surface area contributed by atoms with E-state index in [-0.39, 0.29) is 29.1 Å². The fraction of sp³-hybridized carbons (Fsp3) is 0.192. The molecule has 0 fully saturated rings. The van der Waals surface area contributed by atoms with Gasteiger partial charge in [-0.15, -0.1) is 0 Å². The molecule has 3 aromatic carbocycles. The van der Waals surface area contributed by atoms with E-state index in [4.69, 9.17) is 0 Å². The van der Waals surface area contributed by atoms with E-state index in [1.54, 1.807) is 18.2 Å². The first kappa shape index (κ1) is 20.5. The van der Waals surface area contributed by atoms with E-state index in [1.165, 1.54) is 4.68 Å². The number of hydrogen-bond acceptors (Lipinski definition) is 3. The molecule has 0 bridgehead atoms. The Kier molecular flexibility index (Phi) is 5.94. The lowest BCUT2D eigenvalue weighted by Crippen LogP contribution is -2.35. The molecule has 0 spiro atoms. The Labute approximate surface area is 181 Å². The van der Waals surface area contributed by atoms with Crippen LogP contribution in [0.1, 0.15) is 41.5 Å². The monoisotopic (exact) mass is 411 g/mol. The number of fused-ring (bicyclic) bond motifs is 1. The highest BCUT2D eigenvalue weighted by Crippen LogP contribution is 2.23. The van der Waals surface area contributed by atoms with Crippen LogP contribution < -0.4 is 10.9 Å². The van der Waals surface area contributed by atoms with Gasteiger partial charge in [-0.05, 0) is 23.1 Å². The van der Waals surface area contributed by atoms with Gasteiger partial charge in [0.25, 0.3) is 11.5 Å². The third-order valence-electron chi connectivity index (χ3n) is 5.37. The topological polar surface area (TPSA) is 64.0 Å². The van der Waals surface area contributed by atoms with Crippen LogP contribution in [-0.2, 0) is 6.54 Å². The fourth-order valence-corrected chi connectivity index (χ4v) is 3.77. The highest BCUT2D eigenvalue weighted by molar-refractivity contribution is 6.04. The molecule has 1 atom stereocenters. The van der Waals surface area contributed by atoms with Gasteiger partial charge in [0.15, 0.2) is 5.69 Å². The van der Waals surface area contributed by atoms with Crippen molar-refractivity contribution in [3.8, 4) is 0 Å². The number of hydrogen-bond donors (Lipinski definition) is 1. The zero-order valence-electron chi connectivity index (χ0n) is 17.7. The average Bonchev–Trinajstić information content (AvgIpc) is 2.80. The SMILES string of the molecule is CC(C)[C@@H](NC(=O)c1nn(Cc2ccccc2)c(=O)c2ccccc12)c1ccccc1. The number of amides is 1. The molecule has 31 heavy (non-hydrogen) atoms. The van der Waals surface area contributed by atoms with Gasteiger partial charge in [-0.1, -0.05) is 92.7 Å². The minimum absolute atomic E-state index is 0.163. The summed E-state index contributed by atoms with van der Waals surface area (Å²) in [5.41, 5.74) is 2.03. The molecule has 0 aliphatic carbocycles. The summed E-state index contributed by atoms with van der Waals surface area (Å²) in [6, 6.07) is 26.5. The van der Waals surface area contributed by atoms with Crippen molar-refractivity contribution in [1.29, 1.82) is 0 Å². The standard InChI is InChI=1S/C26H25N3O2/c1-18(2)23(20-13-7-4-8-14-20)27-25(30)24-21-15-9-10-16-22(21)26(31)29(28-24)17-19-11-5-3-6-12-19/h3-16,18,23H,17H2,1-2H3,(H,27,30)/t23-/m1/s1. The molecule has 1 N–H and O–H groups in total. The third-order valence-corrected chi connectivity index (χ3v) is 5.37. The first-order valence-corrected chi connectivity index (χ1v) is 10.4. The maximum Gasteiger partial charge on any atom is 0.274 e. The number of nitrogens with zero attached hydrogens (tertiary/aromatic N) is 2. The van der Waals surface area contributed by atoms with E-state index in [1.807, 2.05) is 66.7 Å². The Morgan fingerprint density at radius 3 is 2.10 bits per heavy atom.